The third-order valence-electron chi connectivity index (χ3n) is 3.46. The highest BCUT2D eigenvalue weighted by Crippen LogP contribution is 2.26. The zero-order valence-electron chi connectivity index (χ0n) is 12.9. The topological polar surface area (TPSA) is 53.1 Å². The fourth-order valence-electron chi connectivity index (χ4n) is 2.54. The number of aromatic nitrogens is 2. The van der Waals surface area contributed by atoms with E-state index in [0.29, 0.717) is 5.92 Å². The molecule has 2 rings (SSSR count). The molecule has 20 heavy (non-hydrogen) atoms. The van der Waals surface area contributed by atoms with Gasteiger partial charge in [-0.05, 0) is 24.5 Å². The first kappa shape index (κ1) is 14.9. The van der Waals surface area contributed by atoms with Gasteiger partial charge in [0.1, 0.15) is 11.6 Å². The number of ether oxygens (including phenoxy) is 1. The van der Waals surface area contributed by atoms with E-state index >= 15 is 0 Å². The summed E-state index contributed by atoms with van der Waals surface area (Å²) >= 11 is 0. The lowest BCUT2D eigenvalue weighted by Gasteiger charge is -2.15. The lowest BCUT2D eigenvalue weighted by molar-refractivity contribution is 0.415. The smallest absolute Gasteiger partial charge is 0.126 e. The minimum Gasteiger partial charge on any atom is -0.497 e. The van der Waals surface area contributed by atoms with Gasteiger partial charge in [-0.3, -0.25) is 0 Å². The van der Waals surface area contributed by atoms with Crippen molar-refractivity contribution < 1.29 is 4.74 Å². The number of rotatable bonds is 6. The molecular weight excluding hydrogens is 250 g/mol. The average Bonchev–Trinajstić information content (AvgIpc) is 2.76. The lowest BCUT2D eigenvalue weighted by Crippen LogP contribution is -2.18. The van der Waals surface area contributed by atoms with Crippen LogP contribution in [0, 0.1) is 5.92 Å². The van der Waals surface area contributed by atoms with Crippen LogP contribution in [0.4, 0.5) is 0 Å². The van der Waals surface area contributed by atoms with E-state index in [1.54, 1.807) is 7.11 Å². The number of nitrogens with zero attached hydrogens (tertiary/aromatic N) is 2. The molecule has 2 aromatic rings. The number of methoxy groups -OCH3 is 1. The van der Waals surface area contributed by atoms with Gasteiger partial charge in [-0.25, -0.2) is 4.98 Å². The van der Waals surface area contributed by atoms with E-state index in [0.717, 1.165) is 42.0 Å². The summed E-state index contributed by atoms with van der Waals surface area (Å²) in [4.78, 5) is 4.75. The normalized spacial score (nSPS) is 13.1. The van der Waals surface area contributed by atoms with Crippen molar-refractivity contribution in [3.8, 4) is 5.75 Å². The van der Waals surface area contributed by atoms with Crippen LogP contribution in [0.3, 0.4) is 0 Å². The third kappa shape index (κ3) is 2.96. The monoisotopic (exact) mass is 275 g/mol. The van der Waals surface area contributed by atoms with E-state index in [4.69, 9.17) is 15.5 Å². The minimum atomic E-state index is -0.00264. The van der Waals surface area contributed by atoms with Crippen molar-refractivity contribution in [2.75, 3.05) is 7.11 Å². The Kier molecular flexibility index (Phi) is 4.65. The van der Waals surface area contributed by atoms with Crippen molar-refractivity contribution in [1.29, 1.82) is 0 Å². The molecule has 110 valence electrons. The van der Waals surface area contributed by atoms with Crippen LogP contribution in [0.2, 0.25) is 0 Å². The number of imidazole rings is 1. The van der Waals surface area contributed by atoms with E-state index in [2.05, 4.69) is 31.4 Å². The van der Waals surface area contributed by atoms with Gasteiger partial charge in [0.05, 0.1) is 24.2 Å². The average molecular weight is 275 g/mol. The molecule has 1 aromatic carbocycles. The second kappa shape index (κ2) is 6.27. The number of hydrogen-bond donors (Lipinski definition) is 1. The summed E-state index contributed by atoms with van der Waals surface area (Å²) in [5.74, 6) is 2.38. The van der Waals surface area contributed by atoms with Crippen molar-refractivity contribution in [2.45, 2.75) is 46.2 Å². The Morgan fingerprint density at radius 1 is 1.35 bits per heavy atom. The maximum absolute atomic E-state index is 6.30. The molecule has 0 spiro atoms. The Labute approximate surface area is 120 Å². The minimum absolute atomic E-state index is 0.00264. The van der Waals surface area contributed by atoms with Crippen molar-refractivity contribution in [3.05, 3.63) is 24.0 Å². The molecule has 1 aromatic heterocycles. The van der Waals surface area contributed by atoms with Gasteiger partial charge in [0.2, 0.25) is 0 Å². The molecule has 0 amide bonds. The number of nitrogens with two attached hydrogens (primary N) is 1. The van der Waals surface area contributed by atoms with Gasteiger partial charge in [0.15, 0.2) is 0 Å². The Bertz CT molecular complexity index is 574. The van der Waals surface area contributed by atoms with Crippen LogP contribution in [0.25, 0.3) is 11.0 Å². The van der Waals surface area contributed by atoms with Crippen molar-refractivity contribution in [3.63, 3.8) is 0 Å². The summed E-state index contributed by atoms with van der Waals surface area (Å²) in [5, 5.41) is 0. The molecule has 0 saturated carbocycles. The van der Waals surface area contributed by atoms with Crippen LogP contribution < -0.4 is 10.5 Å². The van der Waals surface area contributed by atoms with E-state index < -0.39 is 0 Å². The first-order chi connectivity index (χ1) is 9.56. The summed E-state index contributed by atoms with van der Waals surface area (Å²) in [6, 6.07) is 6.04. The molecule has 0 bridgehead atoms. The molecule has 0 radical (unpaired) electrons. The predicted octanol–water partition coefficient (Wildman–Crippen LogP) is 3.50. The Balaban J connectivity index is 2.53. The van der Waals surface area contributed by atoms with Crippen molar-refractivity contribution in [2.24, 2.45) is 11.7 Å². The standard InChI is InChI=1S/C16H25N3O/c1-5-6-13(17)16-18-14-9-12(20-4)7-8-15(14)19(16)10-11(2)3/h7-9,11,13H,5-6,10,17H2,1-4H3. The fraction of sp³-hybridized carbons (Fsp3) is 0.562. The summed E-state index contributed by atoms with van der Waals surface area (Å²) in [7, 11) is 1.68. The maximum atomic E-state index is 6.30. The van der Waals surface area contributed by atoms with Crippen LogP contribution in [0.15, 0.2) is 18.2 Å². The second-order valence-electron chi connectivity index (χ2n) is 5.72. The van der Waals surface area contributed by atoms with Crippen LogP contribution in [0.1, 0.15) is 45.5 Å². The molecule has 1 atom stereocenters. The van der Waals surface area contributed by atoms with Gasteiger partial charge in [-0.15, -0.1) is 0 Å². The number of benzene rings is 1. The van der Waals surface area contributed by atoms with E-state index in [1.165, 1.54) is 0 Å². The summed E-state index contributed by atoms with van der Waals surface area (Å²) in [6.07, 6.45) is 2.02. The Hall–Kier alpha value is -1.55. The molecule has 2 N–H and O–H groups in total. The largest absolute Gasteiger partial charge is 0.497 e. The van der Waals surface area contributed by atoms with E-state index in [-0.39, 0.29) is 6.04 Å². The molecule has 0 saturated heterocycles. The van der Waals surface area contributed by atoms with Gasteiger partial charge >= 0.3 is 0 Å². The van der Waals surface area contributed by atoms with Gasteiger partial charge in [-0.2, -0.15) is 0 Å². The highest BCUT2D eigenvalue weighted by molar-refractivity contribution is 5.78. The summed E-state index contributed by atoms with van der Waals surface area (Å²) in [6.45, 7) is 7.52. The van der Waals surface area contributed by atoms with E-state index in [9.17, 15) is 0 Å². The second-order valence-corrected chi connectivity index (χ2v) is 5.72. The lowest BCUT2D eigenvalue weighted by atomic mass is 10.1. The Morgan fingerprint density at radius 2 is 2.10 bits per heavy atom. The number of fused-ring (bicyclic) bond motifs is 1. The molecule has 1 heterocycles. The molecule has 4 nitrogen and oxygen atoms in total. The molecule has 4 heteroatoms. The Morgan fingerprint density at radius 3 is 2.70 bits per heavy atom. The quantitative estimate of drug-likeness (QED) is 0.877. The van der Waals surface area contributed by atoms with Crippen LogP contribution in [-0.4, -0.2) is 16.7 Å². The highest BCUT2D eigenvalue weighted by Gasteiger charge is 2.17. The summed E-state index contributed by atoms with van der Waals surface area (Å²) < 4.78 is 7.54. The highest BCUT2D eigenvalue weighted by atomic mass is 16.5. The maximum Gasteiger partial charge on any atom is 0.126 e. The molecule has 0 fully saturated rings. The number of hydrogen-bond acceptors (Lipinski definition) is 3. The molecular formula is C16H25N3O. The summed E-state index contributed by atoms with van der Waals surface area (Å²) in [5.41, 5.74) is 8.41. The van der Waals surface area contributed by atoms with Gasteiger partial charge in [0, 0.05) is 12.6 Å². The molecule has 0 aliphatic heterocycles. The predicted molar refractivity (Wildman–Crippen MR) is 83.0 cm³/mol. The van der Waals surface area contributed by atoms with Gasteiger partial charge < -0.3 is 15.0 Å². The van der Waals surface area contributed by atoms with Crippen LogP contribution in [0.5, 0.6) is 5.75 Å². The zero-order valence-corrected chi connectivity index (χ0v) is 12.9. The zero-order chi connectivity index (χ0) is 14.7. The van der Waals surface area contributed by atoms with Gasteiger partial charge in [0.25, 0.3) is 0 Å². The van der Waals surface area contributed by atoms with Crippen LogP contribution >= 0.6 is 0 Å². The molecule has 0 aliphatic rings. The first-order valence-electron chi connectivity index (χ1n) is 7.36. The van der Waals surface area contributed by atoms with Gasteiger partial charge in [-0.1, -0.05) is 27.2 Å². The SMILES string of the molecule is CCCC(N)c1nc2cc(OC)ccc2n1CC(C)C. The van der Waals surface area contributed by atoms with Crippen LogP contribution in [-0.2, 0) is 6.54 Å². The molecule has 1 unspecified atom stereocenters. The molecule has 0 aliphatic carbocycles. The fourth-order valence-corrected chi connectivity index (χ4v) is 2.54. The first-order valence-corrected chi connectivity index (χ1v) is 7.36. The third-order valence-corrected chi connectivity index (χ3v) is 3.46. The van der Waals surface area contributed by atoms with Crippen molar-refractivity contribution in [1.82, 2.24) is 9.55 Å². The van der Waals surface area contributed by atoms with Crippen molar-refractivity contribution >= 4 is 11.0 Å². The van der Waals surface area contributed by atoms with E-state index in [1.807, 2.05) is 12.1 Å².